The first-order valence-electron chi connectivity index (χ1n) is 6.64. The SMILES string of the molecule is O=C(O)c1ccc(S(=O)(=O)Nc2cnc3c(Cl)cccc3n2)cc1. The molecule has 0 spiro atoms. The van der Waals surface area contributed by atoms with E-state index < -0.39 is 16.0 Å². The number of hydrogen-bond donors (Lipinski definition) is 2. The molecule has 3 aromatic rings. The molecule has 0 aliphatic rings. The van der Waals surface area contributed by atoms with E-state index >= 15 is 0 Å². The van der Waals surface area contributed by atoms with Crippen LogP contribution in [-0.4, -0.2) is 29.5 Å². The van der Waals surface area contributed by atoms with Crippen molar-refractivity contribution in [3.05, 3.63) is 59.2 Å². The molecule has 0 saturated heterocycles. The summed E-state index contributed by atoms with van der Waals surface area (Å²) in [6, 6.07) is 9.84. The average molecular weight is 364 g/mol. The molecule has 0 unspecified atom stereocenters. The van der Waals surface area contributed by atoms with Gasteiger partial charge in [-0.25, -0.2) is 23.2 Å². The van der Waals surface area contributed by atoms with Gasteiger partial charge in [0.15, 0.2) is 5.82 Å². The minimum absolute atomic E-state index is 0.00547. The van der Waals surface area contributed by atoms with E-state index in [1.165, 1.54) is 30.5 Å². The molecule has 9 heteroatoms. The lowest BCUT2D eigenvalue weighted by Gasteiger charge is -2.08. The molecule has 0 amide bonds. The van der Waals surface area contributed by atoms with Crippen molar-refractivity contribution in [3.63, 3.8) is 0 Å². The Balaban J connectivity index is 1.93. The molecule has 1 aromatic heterocycles. The Kier molecular flexibility index (Phi) is 4.08. The van der Waals surface area contributed by atoms with Crippen LogP contribution < -0.4 is 4.72 Å². The number of nitrogens with zero attached hydrogens (tertiary/aromatic N) is 2. The molecule has 122 valence electrons. The van der Waals surface area contributed by atoms with Crippen LogP contribution in [0.1, 0.15) is 10.4 Å². The Morgan fingerprint density at radius 3 is 2.50 bits per heavy atom. The van der Waals surface area contributed by atoms with Gasteiger partial charge in [-0.3, -0.25) is 4.72 Å². The van der Waals surface area contributed by atoms with Crippen molar-refractivity contribution in [2.75, 3.05) is 4.72 Å². The van der Waals surface area contributed by atoms with Crippen LogP contribution in [0.15, 0.2) is 53.6 Å². The number of carboxylic acid groups (broad SMARTS) is 1. The summed E-state index contributed by atoms with van der Waals surface area (Å²) >= 11 is 5.99. The average Bonchev–Trinajstić information content (AvgIpc) is 2.54. The number of rotatable bonds is 4. The highest BCUT2D eigenvalue weighted by Crippen LogP contribution is 2.22. The first-order valence-corrected chi connectivity index (χ1v) is 8.50. The number of carboxylic acids is 1. The van der Waals surface area contributed by atoms with Gasteiger partial charge in [0.1, 0.15) is 5.52 Å². The Bertz CT molecular complexity index is 1040. The number of nitrogens with one attached hydrogen (secondary N) is 1. The van der Waals surface area contributed by atoms with E-state index in [2.05, 4.69) is 14.7 Å². The summed E-state index contributed by atoms with van der Waals surface area (Å²) in [5.41, 5.74) is 0.908. The molecule has 7 nitrogen and oxygen atoms in total. The second-order valence-corrected chi connectivity index (χ2v) is 6.89. The fourth-order valence-electron chi connectivity index (χ4n) is 2.03. The van der Waals surface area contributed by atoms with Crippen LogP contribution in [0.2, 0.25) is 5.02 Å². The highest BCUT2D eigenvalue weighted by molar-refractivity contribution is 7.92. The number of aromatic carboxylic acids is 1. The smallest absolute Gasteiger partial charge is 0.335 e. The Labute approximate surface area is 142 Å². The van der Waals surface area contributed by atoms with Gasteiger partial charge in [-0.15, -0.1) is 0 Å². The van der Waals surface area contributed by atoms with Gasteiger partial charge in [0, 0.05) is 0 Å². The maximum absolute atomic E-state index is 12.3. The van der Waals surface area contributed by atoms with Crippen LogP contribution >= 0.6 is 11.6 Å². The Morgan fingerprint density at radius 1 is 1.12 bits per heavy atom. The number of fused-ring (bicyclic) bond motifs is 1. The number of anilines is 1. The molecule has 24 heavy (non-hydrogen) atoms. The molecule has 2 aromatic carbocycles. The highest BCUT2D eigenvalue weighted by Gasteiger charge is 2.16. The third-order valence-electron chi connectivity index (χ3n) is 3.17. The van der Waals surface area contributed by atoms with E-state index in [1.54, 1.807) is 18.2 Å². The second kappa shape index (κ2) is 6.06. The third-order valence-corrected chi connectivity index (χ3v) is 4.85. The van der Waals surface area contributed by atoms with Crippen LogP contribution in [0.3, 0.4) is 0 Å². The van der Waals surface area contributed by atoms with Gasteiger partial charge < -0.3 is 5.11 Å². The summed E-state index contributed by atoms with van der Waals surface area (Å²) < 4.78 is 27.0. The third kappa shape index (κ3) is 3.15. The van der Waals surface area contributed by atoms with Crippen LogP contribution in [0, 0.1) is 0 Å². The van der Waals surface area contributed by atoms with Gasteiger partial charge in [-0.2, -0.15) is 0 Å². The molecule has 2 N–H and O–H groups in total. The van der Waals surface area contributed by atoms with Crippen LogP contribution in [0.25, 0.3) is 11.0 Å². The van der Waals surface area contributed by atoms with Gasteiger partial charge >= 0.3 is 5.97 Å². The second-order valence-electron chi connectivity index (χ2n) is 4.80. The maximum Gasteiger partial charge on any atom is 0.335 e. The van der Waals surface area contributed by atoms with Crippen molar-refractivity contribution in [3.8, 4) is 0 Å². The maximum atomic E-state index is 12.3. The minimum Gasteiger partial charge on any atom is -0.478 e. The topological polar surface area (TPSA) is 109 Å². The quantitative estimate of drug-likeness (QED) is 0.737. The molecule has 1 heterocycles. The van der Waals surface area contributed by atoms with Crippen molar-refractivity contribution >= 4 is 44.4 Å². The fourth-order valence-corrected chi connectivity index (χ4v) is 3.23. The number of hydrogen-bond acceptors (Lipinski definition) is 5. The number of para-hydroxylation sites is 1. The molecule has 0 saturated carbocycles. The highest BCUT2D eigenvalue weighted by atomic mass is 35.5. The van der Waals surface area contributed by atoms with Crippen LogP contribution in [-0.2, 0) is 10.0 Å². The Morgan fingerprint density at radius 2 is 1.83 bits per heavy atom. The van der Waals surface area contributed by atoms with Gasteiger partial charge in [0.05, 0.1) is 27.2 Å². The van der Waals surface area contributed by atoms with E-state index in [0.29, 0.717) is 16.1 Å². The van der Waals surface area contributed by atoms with Gasteiger partial charge in [0.2, 0.25) is 0 Å². The molecule has 0 fully saturated rings. The molecular formula is C15H10ClN3O4S. The largest absolute Gasteiger partial charge is 0.478 e. The lowest BCUT2D eigenvalue weighted by molar-refractivity contribution is 0.0696. The molecular weight excluding hydrogens is 354 g/mol. The summed E-state index contributed by atoms with van der Waals surface area (Å²) in [4.78, 5) is 19.0. The zero-order valence-corrected chi connectivity index (χ0v) is 13.5. The molecule has 0 atom stereocenters. The fraction of sp³-hybridized carbons (Fsp3) is 0. The van der Waals surface area contributed by atoms with Crippen molar-refractivity contribution in [1.82, 2.24) is 9.97 Å². The number of sulfonamides is 1. The van der Waals surface area contributed by atoms with Crippen molar-refractivity contribution in [2.24, 2.45) is 0 Å². The molecule has 3 rings (SSSR count). The molecule has 0 bridgehead atoms. The normalized spacial score (nSPS) is 11.4. The predicted molar refractivity (Wildman–Crippen MR) is 88.8 cm³/mol. The summed E-state index contributed by atoms with van der Waals surface area (Å²) in [5.74, 6) is -1.10. The predicted octanol–water partition coefficient (Wildman–Crippen LogP) is 2.78. The monoisotopic (exact) mass is 363 g/mol. The number of carbonyl (C=O) groups is 1. The van der Waals surface area contributed by atoms with E-state index in [-0.39, 0.29) is 16.3 Å². The lowest BCUT2D eigenvalue weighted by Crippen LogP contribution is -2.14. The first kappa shape index (κ1) is 16.2. The van der Waals surface area contributed by atoms with Crippen molar-refractivity contribution < 1.29 is 18.3 Å². The summed E-state index contributed by atoms with van der Waals surface area (Å²) in [5, 5.41) is 9.26. The molecule has 0 aliphatic heterocycles. The van der Waals surface area contributed by atoms with Gasteiger partial charge in [-0.05, 0) is 36.4 Å². The van der Waals surface area contributed by atoms with Crippen molar-refractivity contribution in [2.45, 2.75) is 4.90 Å². The van der Waals surface area contributed by atoms with E-state index in [9.17, 15) is 13.2 Å². The van der Waals surface area contributed by atoms with E-state index in [4.69, 9.17) is 16.7 Å². The summed E-state index contributed by atoms with van der Waals surface area (Å²) in [6.07, 6.45) is 1.26. The zero-order valence-electron chi connectivity index (χ0n) is 12.0. The lowest BCUT2D eigenvalue weighted by atomic mass is 10.2. The molecule has 0 radical (unpaired) electrons. The molecule has 0 aliphatic carbocycles. The first-order chi connectivity index (χ1) is 11.4. The standard InChI is InChI=1S/C15H10ClN3O4S/c16-11-2-1-3-12-14(11)17-8-13(18-12)19-24(22,23)10-6-4-9(5-7-10)15(20)21/h1-8H,(H,18,19)(H,20,21). The summed E-state index contributed by atoms with van der Waals surface area (Å²) in [6.45, 7) is 0. The number of halogens is 1. The van der Waals surface area contributed by atoms with E-state index in [1.807, 2.05) is 0 Å². The van der Waals surface area contributed by atoms with Crippen molar-refractivity contribution in [1.29, 1.82) is 0 Å². The van der Waals surface area contributed by atoms with E-state index in [0.717, 1.165) is 0 Å². The number of aromatic nitrogens is 2. The number of benzene rings is 2. The Hall–Kier alpha value is -2.71. The zero-order chi connectivity index (χ0) is 17.3. The summed E-state index contributed by atoms with van der Waals surface area (Å²) in [7, 11) is -3.91. The van der Waals surface area contributed by atoms with Gasteiger partial charge in [-0.1, -0.05) is 17.7 Å². The van der Waals surface area contributed by atoms with Gasteiger partial charge in [0.25, 0.3) is 10.0 Å². The van der Waals surface area contributed by atoms with Crippen LogP contribution in [0.5, 0.6) is 0 Å². The van der Waals surface area contributed by atoms with Crippen LogP contribution in [0.4, 0.5) is 5.82 Å². The minimum atomic E-state index is -3.91.